The topological polar surface area (TPSA) is 58.0 Å². The first kappa shape index (κ1) is 13.8. The molecule has 2 N–H and O–H groups in total. The molecule has 0 unspecified atom stereocenters. The van der Waals surface area contributed by atoms with Crippen molar-refractivity contribution in [2.75, 3.05) is 5.32 Å². The van der Waals surface area contributed by atoms with E-state index in [9.17, 15) is 5.11 Å². The second-order valence-electron chi connectivity index (χ2n) is 4.45. The lowest BCUT2D eigenvalue weighted by Crippen LogP contribution is -1.98. The molecule has 2 aromatic carbocycles. The van der Waals surface area contributed by atoms with Gasteiger partial charge in [-0.05, 0) is 59.0 Å². The summed E-state index contributed by atoms with van der Waals surface area (Å²) in [6.07, 6.45) is 1.70. The Labute approximate surface area is 136 Å². The lowest BCUT2D eigenvalue weighted by Gasteiger charge is -2.07. The molecule has 0 spiro atoms. The molecule has 0 aliphatic rings. The third-order valence-electron chi connectivity index (χ3n) is 2.88. The van der Waals surface area contributed by atoms with Crippen LogP contribution in [-0.2, 0) is 0 Å². The molecule has 3 rings (SSSR count). The second-order valence-corrected chi connectivity index (χ2v) is 5.70. The van der Waals surface area contributed by atoms with Gasteiger partial charge in [0.2, 0.25) is 5.95 Å². The molecule has 0 saturated heterocycles. The maximum absolute atomic E-state index is 9.55. The molecule has 4 nitrogen and oxygen atoms in total. The van der Waals surface area contributed by atoms with Crippen molar-refractivity contribution in [3.05, 3.63) is 64.4 Å². The number of phenolic OH excluding ortho intramolecular Hbond substituents is 1. The van der Waals surface area contributed by atoms with Crippen molar-refractivity contribution >= 4 is 34.2 Å². The van der Waals surface area contributed by atoms with E-state index in [0.717, 1.165) is 20.5 Å². The number of hydrogen-bond donors (Lipinski definition) is 2. The molecule has 0 bridgehead atoms. The van der Waals surface area contributed by atoms with Crippen LogP contribution >= 0.6 is 22.6 Å². The van der Waals surface area contributed by atoms with E-state index in [1.54, 1.807) is 24.4 Å². The Hall–Kier alpha value is -2.15. The molecule has 3 aromatic rings. The van der Waals surface area contributed by atoms with Gasteiger partial charge in [-0.25, -0.2) is 9.97 Å². The highest BCUT2D eigenvalue weighted by Crippen LogP contribution is 2.23. The van der Waals surface area contributed by atoms with E-state index in [4.69, 9.17) is 0 Å². The smallest absolute Gasteiger partial charge is 0.227 e. The number of nitrogens with zero attached hydrogens (tertiary/aromatic N) is 2. The zero-order valence-electron chi connectivity index (χ0n) is 11.0. The highest BCUT2D eigenvalue weighted by Gasteiger charge is 2.04. The molecule has 0 amide bonds. The summed E-state index contributed by atoms with van der Waals surface area (Å²) in [5.74, 6) is 0.746. The van der Waals surface area contributed by atoms with Crippen LogP contribution in [0.5, 0.6) is 5.75 Å². The number of benzene rings is 2. The van der Waals surface area contributed by atoms with Crippen LogP contribution in [0, 0.1) is 3.57 Å². The summed E-state index contributed by atoms with van der Waals surface area (Å²) in [5, 5.41) is 12.7. The number of anilines is 2. The molecule has 0 radical (unpaired) electrons. The van der Waals surface area contributed by atoms with Gasteiger partial charge in [-0.3, -0.25) is 0 Å². The fourth-order valence-electron chi connectivity index (χ4n) is 1.94. The quantitative estimate of drug-likeness (QED) is 0.660. The Morgan fingerprint density at radius 3 is 2.67 bits per heavy atom. The molecule has 0 saturated carbocycles. The van der Waals surface area contributed by atoms with Crippen LogP contribution in [-0.4, -0.2) is 15.1 Å². The average Bonchev–Trinajstić information content (AvgIpc) is 2.47. The van der Waals surface area contributed by atoms with Crippen LogP contribution in [0.25, 0.3) is 11.3 Å². The predicted octanol–water partition coefficient (Wildman–Crippen LogP) is 4.20. The summed E-state index contributed by atoms with van der Waals surface area (Å²) in [4.78, 5) is 8.70. The van der Waals surface area contributed by atoms with Crippen molar-refractivity contribution < 1.29 is 5.11 Å². The summed E-state index contributed by atoms with van der Waals surface area (Å²) in [7, 11) is 0. The van der Waals surface area contributed by atoms with Crippen molar-refractivity contribution in [1.82, 2.24) is 9.97 Å². The van der Waals surface area contributed by atoms with E-state index in [-0.39, 0.29) is 5.75 Å². The molecule has 1 aromatic heterocycles. The van der Waals surface area contributed by atoms with E-state index in [2.05, 4.69) is 37.9 Å². The highest BCUT2D eigenvalue weighted by atomic mass is 127. The predicted molar refractivity (Wildman–Crippen MR) is 91.6 cm³/mol. The van der Waals surface area contributed by atoms with Crippen molar-refractivity contribution in [3.8, 4) is 17.0 Å². The normalized spacial score (nSPS) is 10.3. The molecule has 5 heteroatoms. The number of rotatable bonds is 3. The first-order valence-corrected chi connectivity index (χ1v) is 7.44. The van der Waals surface area contributed by atoms with Gasteiger partial charge in [-0.2, -0.15) is 0 Å². The summed E-state index contributed by atoms with van der Waals surface area (Å²) in [6.45, 7) is 0. The minimum absolute atomic E-state index is 0.221. The fraction of sp³-hybridized carbons (Fsp3) is 0. The van der Waals surface area contributed by atoms with Gasteiger partial charge < -0.3 is 10.4 Å². The zero-order chi connectivity index (χ0) is 14.7. The number of hydrogen-bond acceptors (Lipinski definition) is 4. The van der Waals surface area contributed by atoms with Crippen LogP contribution in [0.15, 0.2) is 60.8 Å². The third-order valence-corrected chi connectivity index (χ3v) is 3.55. The standard InChI is InChI=1S/C16H12IN3O/c17-12-4-2-5-13(10-12)19-16-18-8-7-15(20-16)11-3-1-6-14(21)9-11/h1-10,21H,(H,18,19,20). The van der Waals surface area contributed by atoms with E-state index < -0.39 is 0 Å². The Morgan fingerprint density at radius 1 is 1.00 bits per heavy atom. The molecule has 0 fully saturated rings. The van der Waals surface area contributed by atoms with Crippen LogP contribution in [0.3, 0.4) is 0 Å². The SMILES string of the molecule is Oc1cccc(-c2ccnc(Nc3cccc(I)c3)n2)c1. The van der Waals surface area contributed by atoms with Gasteiger partial charge >= 0.3 is 0 Å². The van der Waals surface area contributed by atoms with Crippen LogP contribution < -0.4 is 5.32 Å². The van der Waals surface area contributed by atoms with Gasteiger partial charge in [-0.1, -0.05) is 18.2 Å². The lowest BCUT2D eigenvalue weighted by molar-refractivity contribution is 0.475. The van der Waals surface area contributed by atoms with Gasteiger partial charge in [0.15, 0.2) is 0 Å². The molecular formula is C16H12IN3O. The third kappa shape index (κ3) is 3.49. The molecule has 1 heterocycles. The molecule has 0 atom stereocenters. The summed E-state index contributed by atoms with van der Waals surface area (Å²) in [6, 6.07) is 16.8. The van der Waals surface area contributed by atoms with Gasteiger partial charge in [0.25, 0.3) is 0 Å². The Kier molecular flexibility index (Phi) is 4.01. The van der Waals surface area contributed by atoms with Gasteiger partial charge in [0.05, 0.1) is 5.69 Å². The van der Waals surface area contributed by atoms with E-state index in [0.29, 0.717) is 5.95 Å². The molecule has 0 aliphatic carbocycles. The Morgan fingerprint density at radius 2 is 1.86 bits per heavy atom. The summed E-state index contributed by atoms with van der Waals surface area (Å²) < 4.78 is 1.14. The van der Waals surface area contributed by atoms with Crippen molar-refractivity contribution in [2.45, 2.75) is 0 Å². The number of halogens is 1. The van der Waals surface area contributed by atoms with Crippen LogP contribution in [0.1, 0.15) is 0 Å². The van der Waals surface area contributed by atoms with E-state index in [1.165, 1.54) is 0 Å². The summed E-state index contributed by atoms with van der Waals surface area (Å²) in [5.41, 5.74) is 2.55. The molecule has 0 aliphatic heterocycles. The maximum atomic E-state index is 9.55. The fourth-order valence-corrected chi connectivity index (χ4v) is 2.48. The largest absolute Gasteiger partial charge is 0.508 e. The maximum Gasteiger partial charge on any atom is 0.227 e. The Balaban J connectivity index is 1.90. The molecule has 104 valence electrons. The first-order valence-electron chi connectivity index (χ1n) is 6.36. The van der Waals surface area contributed by atoms with E-state index >= 15 is 0 Å². The van der Waals surface area contributed by atoms with Crippen molar-refractivity contribution in [3.63, 3.8) is 0 Å². The average molecular weight is 389 g/mol. The molecule has 21 heavy (non-hydrogen) atoms. The number of aromatic nitrogens is 2. The molecular weight excluding hydrogens is 377 g/mol. The van der Waals surface area contributed by atoms with Crippen molar-refractivity contribution in [1.29, 1.82) is 0 Å². The van der Waals surface area contributed by atoms with Crippen LogP contribution in [0.4, 0.5) is 11.6 Å². The second kappa shape index (κ2) is 6.09. The first-order chi connectivity index (χ1) is 10.2. The van der Waals surface area contributed by atoms with Gasteiger partial charge in [0.1, 0.15) is 5.75 Å². The van der Waals surface area contributed by atoms with Gasteiger partial charge in [0, 0.05) is 21.0 Å². The number of aromatic hydroxyl groups is 1. The zero-order valence-corrected chi connectivity index (χ0v) is 13.2. The monoisotopic (exact) mass is 389 g/mol. The summed E-state index contributed by atoms with van der Waals surface area (Å²) >= 11 is 2.26. The minimum Gasteiger partial charge on any atom is -0.508 e. The minimum atomic E-state index is 0.221. The Bertz CT molecular complexity index is 777. The van der Waals surface area contributed by atoms with Crippen molar-refractivity contribution in [2.24, 2.45) is 0 Å². The van der Waals surface area contributed by atoms with E-state index in [1.807, 2.05) is 36.4 Å². The number of phenols is 1. The van der Waals surface area contributed by atoms with Gasteiger partial charge in [-0.15, -0.1) is 0 Å². The van der Waals surface area contributed by atoms with Crippen LogP contribution in [0.2, 0.25) is 0 Å². The lowest BCUT2D eigenvalue weighted by atomic mass is 10.1. The number of nitrogens with one attached hydrogen (secondary N) is 1. The highest BCUT2D eigenvalue weighted by molar-refractivity contribution is 14.1.